The van der Waals surface area contributed by atoms with Gasteiger partial charge in [-0.05, 0) is 24.1 Å². The number of urea groups is 1. The van der Waals surface area contributed by atoms with Crippen LogP contribution in [0.2, 0.25) is 0 Å². The van der Waals surface area contributed by atoms with Gasteiger partial charge in [-0.25, -0.2) is 9.18 Å². The quantitative estimate of drug-likeness (QED) is 0.839. The number of carbonyl (C=O) groups is 2. The summed E-state index contributed by atoms with van der Waals surface area (Å²) in [5.74, 6) is -1.68. The molecular weight excluding hydrogens is 263 g/mol. The van der Waals surface area contributed by atoms with Gasteiger partial charge in [0.1, 0.15) is 5.82 Å². The maximum atomic E-state index is 12.7. The maximum absolute atomic E-state index is 12.7. The highest BCUT2D eigenvalue weighted by Crippen LogP contribution is 2.06. The summed E-state index contributed by atoms with van der Waals surface area (Å²) in [6, 6.07) is 5.63. The van der Waals surface area contributed by atoms with E-state index in [9.17, 15) is 14.0 Å². The topological polar surface area (TPSA) is 69.6 Å². The van der Waals surface area contributed by atoms with Crippen molar-refractivity contribution < 1.29 is 19.1 Å². The van der Waals surface area contributed by atoms with Gasteiger partial charge < -0.3 is 15.3 Å². The Balaban J connectivity index is 2.35. The lowest BCUT2D eigenvalue weighted by molar-refractivity contribution is -0.141. The fourth-order valence-corrected chi connectivity index (χ4v) is 1.59. The number of hydrogen-bond donors (Lipinski definition) is 2. The van der Waals surface area contributed by atoms with Crippen LogP contribution in [-0.4, -0.2) is 35.6 Å². The lowest BCUT2D eigenvalue weighted by Crippen LogP contribution is -2.38. The Bertz CT molecular complexity index is 462. The van der Waals surface area contributed by atoms with Gasteiger partial charge >= 0.3 is 12.0 Å². The Hall–Kier alpha value is -2.11. The SMILES string of the molecule is CC(CCNC(=O)N(C)Cc1ccc(F)cc1)C(=O)O. The van der Waals surface area contributed by atoms with Crippen molar-refractivity contribution in [3.63, 3.8) is 0 Å². The van der Waals surface area contributed by atoms with Crippen molar-refractivity contribution in [2.75, 3.05) is 13.6 Å². The number of halogens is 1. The van der Waals surface area contributed by atoms with Crippen LogP contribution in [0.15, 0.2) is 24.3 Å². The fraction of sp³-hybridized carbons (Fsp3) is 0.429. The van der Waals surface area contributed by atoms with Crippen LogP contribution in [0.3, 0.4) is 0 Å². The van der Waals surface area contributed by atoms with Crippen LogP contribution in [0.5, 0.6) is 0 Å². The Kier molecular flexibility index (Phi) is 5.96. The van der Waals surface area contributed by atoms with E-state index in [2.05, 4.69) is 5.32 Å². The average Bonchev–Trinajstić information content (AvgIpc) is 2.40. The first-order valence-electron chi connectivity index (χ1n) is 6.36. The van der Waals surface area contributed by atoms with E-state index in [4.69, 9.17) is 5.11 Å². The van der Waals surface area contributed by atoms with Crippen LogP contribution >= 0.6 is 0 Å². The number of carbonyl (C=O) groups excluding carboxylic acids is 1. The summed E-state index contributed by atoms with van der Waals surface area (Å²) in [5.41, 5.74) is 0.822. The molecule has 0 fully saturated rings. The summed E-state index contributed by atoms with van der Waals surface area (Å²) in [6.07, 6.45) is 0.380. The molecule has 1 aromatic rings. The predicted octanol–water partition coefficient (Wildman–Crippen LogP) is 2.08. The summed E-state index contributed by atoms with van der Waals surface area (Å²) >= 11 is 0. The number of hydrogen-bond acceptors (Lipinski definition) is 2. The molecule has 0 saturated heterocycles. The number of carboxylic acids is 1. The van der Waals surface area contributed by atoms with Gasteiger partial charge in [0, 0.05) is 20.1 Å². The van der Waals surface area contributed by atoms with Gasteiger partial charge in [0.25, 0.3) is 0 Å². The average molecular weight is 282 g/mol. The molecule has 2 N–H and O–H groups in total. The number of carboxylic acid groups (broad SMARTS) is 1. The van der Waals surface area contributed by atoms with Crippen molar-refractivity contribution in [1.29, 1.82) is 0 Å². The number of benzene rings is 1. The molecule has 6 heteroatoms. The summed E-state index contributed by atoms with van der Waals surface area (Å²) < 4.78 is 12.7. The molecule has 0 radical (unpaired) electrons. The smallest absolute Gasteiger partial charge is 0.317 e. The monoisotopic (exact) mass is 282 g/mol. The second-order valence-corrected chi connectivity index (χ2v) is 4.74. The zero-order valence-electron chi connectivity index (χ0n) is 11.6. The Morgan fingerprint density at radius 2 is 1.95 bits per heavy atom. The molecule has 1 atom stereocenters. The third kappa shape index (κ3) is 5.26. The van der Waals surface area contributed by atoms with Gasteiger partial charge in [-0.3, -0.25) is 4.79 Å². The normalized spacial score (nSPS) is 11.8. The standard InChI is InChI=1S/C14H19FN2O3/c1-10(13(18)19)7-8-16-14(20)17(2)9-11-3-5-12(15)6-4-11/h3-6,10H,7-9H2,1-2H3,(H,16,20)(H,18,19). The highest BCUT2D eigenvalue weighted by Gasteiger charge is 2.12. The molecule has 5 nitrogen and oxygen atoms in total. The molecule has 1 rings (SSSR count). The molecule has 0 aliphatic carbocycles. The summed E-state index contributed by atoms with van der Waals surface area (Å²) in [4.78, 5) is 23.8. The van der Waals surface area contributed by atoms with E-state index in [-0.39, 0.29) is 11.8 Å². The first kappa shape index (κ1) is 15.9. The van der Waals surface area contributed by atoms with Gasteiger partial charge in [-0.1, -0.05) is 19.1 Å². The van der Waals surface area contributed by atoms with Gasteiger partial charge in [-0.15, -0.1) is 0 Å². The van der Waals surface area contributed by atoms with E-state index < -0.39 is 11.9 Å². The summed E-state index contributed by atoms with van der Waals surface area (Å²) in [7, 11) is 1.62. The van der Waals surface area contributed by atoms with Crippen molar-refractivity contribution in [1.82, 2.24) is 10.2 Å². The Morgan fingerprint density at radius 3 is 2.50 bits per heavy atom. The zero-order valence-corrected chi connectivity index (χ0v) is 11.6. The van der Waals surface area contributed by atoms with Crippen molar-refractivity contribution in [2.24, 2.45) is 5.92 Å². The molecular formula is C14H19FN2O3. The number of nitrogens with zero attached hydrogens (tertiary/aromatic N) is 1. The van der Waals surface area contributed by atoms with Crippen LogP contribution < -0.4 is 5.32 Å². The van der Waals surface area contributed by atoms with Gasteiger partial charge in [-0.2, -0.15) is 0 Å². The van der Waals surface area contributed by atoms with E-state index in [1.54, 1.807) is 26.1 Å². The van der Waals surface area contributed by atoms with Crippen LogP contribution in [0.4, 0.5) is 9.18 Å². The lowest BCUT2D eigenvalue weighted by Gasteiger charge is -2.18. The minimum atomic E-state index is -0.876. The molecule has 20 heavy (non-hydrogen) atoms. The fourth-order valence-electron chi connectivity index (χ4n) is 1.59. The zero-order chi connectivity index (χ0) is 15.1. The van der Waals surface area contributed by atoms with E-state index in [0.717, 1.165) is 5.56 Å². The van der Waals surface area contributed by atoms with E-state index >= 15 is 0 Å². The molecule has 0 aliphatic rings. The lowest BCUT2D eigenvalue weighted by atomic mass is 10.1. The Morgan fingerprint density at radius 1 is 1.35 bits per heavy atom. The van der Waals surface area contributed by atoms with Crippen LogP contribution in [-0.2, 0) is 11.3 Å². The molecule has 0 heterocycles. The van der Waals surface area contributed by atoms with Gasteiger partial charge in [0.15, 0.2) is 0 Å². The third-order valence-corrected chi connectivity index (χ3v) is 2.95. The molecule has 2 amide bonds. The van der Waals surface area contributed by atoms with Crippen molar-refractivity contribution in [3.05, 3.63) is 35.6 Å². The van der Waals surface area contributed by atoms with Gasteiger partial charge in [0.2, 0.25) is 0 Å². The largest absolute Gasteiger partial charge is 0.481 e. The maximum Gasteiger partial charge on any atom is 0.317 e. The molecule has 110 valence electrons. The van der Waals surface area contributed by atoms with Crippen molar-refractivity contribution in [3.8, 4) is 0 Å². The summed E-state index contributed by atoms with van der Waals surface area (Å²) in [5, 5.41) is 11.4. The molecule has 0 bridgehead atoms. The Labute approximate surface area is 117 Å². The van der Waals surface area contributed by atoms with E-state index in [0.29, 0.717) is 19.5 Å². The highest BCUT2D eigenvalue weighted by atomic mass is 19.1. The van der Waals surface area contributed by atoms with Crippen LogP contribution in [0.25, 0.3) is 0 Å². The highest BCUT2D eigenvalue weighted by molar-refractivity contribution is 5.74. The molecule has 0 spiro atoms. The molecule has 0 aliphatic heterocycles. The molecule has 1 unspecified atom stereocenters. The summed E-state index contributed by atoms with van der Waals surface area (Å²) in [6.45, 7) is 2.26. The minimum Gasteiger partial charge on any atom is -0.481 e. The first-order valence-corrected chi connectivity index (χ1v) is 6.36. The number of amides is 2. The number of rotatable bonds is 6. The van der Waals surface area contributed by atoms with E-state index in [1.165, 1.54) is 17.0 Å². The van der Waals surface area contributed by atoms with Crippen LogP contribution in [0.1, 0.15) is 18.9 Å². The number of aliphatic carboxylic acids is 1. The van der Waals surface area contributed by atoms with Crippen molar-refractivity contribution >= 4 is 12.0 Å². The number of nitrogens with one attached hydrogen (secondary N) is 1. The van der Waals surface area contributed by atoms with E-state index in [1.807, 2.05) is 0 Å². The predicted molar refractivity (Wildman–Crippen MR) is 72.7 cm³/mol. The second kappa shape index (κ2) is 7.47. The first-order chi connectivity index (χ1) is 9.40. The van der Waals surface area contributed by atoms with Gasteiger partial charge in [0.05, 0.1) is 5.92 Å². The van der Waals surface area contributed by atoms with Crippen LogP contribution in [0, 0.1) is 11.7 Å². The minimum absolute atomic E-state index is 0.285. The molecule has 0 aromatic heterocycles. The van der Waals surface area contributed by atoms with Crippen molar-refractivity contribution in [2.45, 2.75) is 19.9 Å². The second-order valence-electron chi connectivity index (χ2n) is 4.74. The molecule has 1 aromatic carbocycles. The third-order valence-electron chi connectivity index (χ3n) is 2.95. The molecule has 0 saturated carbocycles.